The van der Waals surface area contributed by atoms with E-state index in [-0.39, 0.29) is 11.9 Å². The Morgan fingerprint density at radius 1 is 1.44 bits per heavy atom. The van der Waals surface area contributed by atoms with Gasteiger partial charge in [0.05, 0.1) is 11.6 Å². The predicted molar refractivity (Wildman–Crippen MR) is 67.4 cm³/mol. The first-order valence-electron chi connectivity index (χ1n) is 5.40. The van der Waals surface area contributed by atoms with E-state index in [1.165, 1.54) is 6.07 Å². The minimum absolute atomic E-state index is 0.192. The van der Waals surface area contributed by atoms with Gasteiger partial charge in [0, 0.05) is 17.7 Å². The van der Waals surface area contributed by atoms with E-state index in [1.807, 2.05) is 6.92 Å². The number of methoxy groups -OCH3 is 1. The molecule has 1 unspecified atom stereocenters. The third-order valence-electron chi connectivity index (χ3n) is 2.51. The van der Waals surface area contributed by atoms with Gasteiger partial charge in [0.2, 0.25) is 0 Å². The van der Waals surface area contributed by atoms with Crippen molar-refractivity contribution < 1.29 is 9.13 Å². The number of benzene rings is 1. The molecule has 1 aromatic rings. The molecule has 0 radical (unpaired) electrons. The van der Waals surface area contributed by atoms with Crippen molar-refractivity contribution in [3.8, 4) is 5.75 Å². The fourth-order valence-corrected chi connectivity index (χ4v) is 2.07. The smallest absolute Gasteiger partial charge is 0.141 e. The SMILES string of the molecule is CCNC(CC)c1cc(Br)c(F)cc1OC. The fraction of sp³-hybridized carbons (Fsp3) is 0.500. The fourth-order valence-electron chi connectivity index (χ4n) is 1.71. The lowest BCUT2D eigenvalue weighted by Crippen LogP contribution is -2.20. The summed E-state index contributed by atoms with van der Waals surface area (Å²) < 4.78 is 19.0. The molecular formula is C12H17BrFNO. The molecule has 1 N–H and O–H groups in total. The van der Waals surface area contributed by atoms with Crippen LogP contribution in [0.3, 0.4) is 0 Å². The Hall–Kier alpha value is -0.610. The quantitative estimate of drug-likeness (QED) is 0.893. The second kappa shape index (κ2) is 6.21. The van der Waals surface area contributed by atoms with Crippen LogP contribution in [-0.2, 0) is 0 Å². The van der Waals surface area contributed by atoms with Gasteiger partial charge in [-0.25, -0.2) is 4.39 Å². The normalized spacial score (nSPS) is 12.6. The Bertz CT molecular complexity index is 357. The molecule has 1 atom stereocenters. The first-order valence-corrected chi connectivity index (χ1v) is 6.19. The van der Waals surface area contributed by atoms with Gasteiger partial charge in [-0.3, -0.25) is 0 Å². The van der Waals surface area contributed by atoms with Gasteiger partial charge in [-0.2, -0.15) is 0 Å². The van der Waals surface area contributed by atoms with Gasteiger partial charge in [0.25, 0.3) is 0 Å². The molecule has 0 saturated heterocycles. The number of nitrogens with one attached hydrogen (secondary N) is 1. The Morgan fingerprint density at radius 2 is 2.12 bits per heavy atom. The molecule has 0 fully saturated rings. The first kappa shape index (κ1) is 13.5. The second-order valence-corrected chi connectivity index (χ2v) is 4.38. The van der Waals surface area contributed by atoms with E-state index in [0.717, 1.165) is 18.5 Å². The summed E-state index contributed by atoms with van der Waals surface area (Å²) in [5.41, 5.74) is 0.986. The minimum Gasteiger partial charge on any atom is -0.496 e. The standard InChI is InChI=1S/C12H17BrFNO/c1-4-11(15-5-2)8-6-9(13)10(14)7-12(8)16-3/h6-7,11,15H,4-5H2,1-3H3. The van der Waals surface area contributed by atoms with E-state index < -0.39 is 0 Å². The summed E-state index contributed by atoms with van der Waals surface area (Å²) in [7, 11) is 1.56. The van der Waals surface area contributed by atoms with Crippen LogP contribution in [0.15, 0.2) is 16.6 Å². The third kappa shape index (κ3) is 2.95. The van der Waals surface area contributed by atoms with Crippen LogP contribution in [-0.4, -0.2) is 13.7 Å². The van der Waals surface area contributed by atoms with Crippen LogP contribution < -0.4 is 10.1 Å². The van der Waals surface area contributed by atoms with Gasteiger partial charge in [-0.1, -0.05) is 13.8 Å². The Balaban J connectivity index is 3.13. The molecule has 4 heteroatoms. The summed E-state index contributed by atoms with van der Waals surface area (Å²) in [5.74, 6) is 0.292. The molecule has 0 aliphatic rings. The van der Waals surface area contributed by atoms with Crippen LogP contribution in [0.2, 0.25) is 0 Å². The lowest BCUT2D eigenvalue weighted by molar-refractivity contribution is 0.394. The molecule has 0 aliphatic carbocycles. The molecule has 1 aromatic carbocycles. The molecular weight excluding hydrogens is 273 g/mol. The lowest BCUT2D eigenvalue weighted by atomic mass is 10.0. The second-order valence-electron chi connectivity index (χ2n) is 3.53. The van der Waals surface area contributed by atoms with Crippen molar-refractivity contribution in [1.82, 2.24) is 5.32 Å². The van der Waals surface area contributed by atoms with E-state index in [0.29, 0.717) is 10.2 Å². The zero-order valence-corrected chi connectivity index (χ0v) is 11.4. The van der Waals surface area contributed by atoms with E-state index >= 15 is 0 Å². The third-order valence-corrected chi connectivity index (χ3v) is 3.11. The van der Waals surface area contributed by atoms with Gasteiger partial charge < -0.3 is 10.1 Å². The minimum atomic E-state index is -0.299. The predicted octanol–water partition coefficient (Wildman–Crippen LogP) is 3.66. The summed E-state index contributed by atoms with van der Waals surface area (Å²) >= 11 is 3.20. The van der Waals surface area contributed by atoms with Crippen molar-refractivity contribution in [2.24, 2.45) is 0 Å². The average Bonchev–Trinajstić information content (AvgIpc) is 2.29. The van der Waals surface area contributed by atoms with Gasteiger partial charge in [0.1, 0.15) is 11.6 Å². The molecule has 16 heavy (non-hydrogen) atoms. The van der Waals surface area contributed by atoms with Gasteiger partial charge in [-0.05, 0) is 35.0 Å². The van der Waals surface area contributed by atoms with E-state index in [4.69, 9.17) is 4.74 Å². The lowest BCUT2D eigenvalue weighted by Gasteiger charge is -2.19. The zero-order valence-electron chi connectivity index (χ0n) is 9.81. The maximum Gasteiger partial charge on any atom is 0.141 e. The molecule has 0 amide bonds. The Labute approximate surface area is 104 Å². The van der Waals surface area contributed by atoms with Crippen LogP contribution in [0.5, 0.6) is 5.75 Å². The molecule has 0 bridgehead atoms. The van der Waals surface area contributed by atoms with Crippen molar-refractivity contribution in [3.05, 3.63) is 28.0 Å². The number of ether oxygens (including phenoxy) is 1. The van der Waals surface area contributed by atoms with Crippen LogP contribution >= 0.6 is 15.9 Å². The average molecular weight is 290 g/mol. The number of hydrogen-bond donors (Lipinski definition) is 1. The van der Waals surface area contributed by atoms with Crippen LogP contribution in [0.25, 0.3) is 0 Å². The van der Waals surface area contributed by atoms with E-state index in [9.17, 15) is 4.39 Å². The van der Waals surface area contributed by atoms with Crippen molar-refractivity contribution in [3.63, 3.8) is 0 Å². The van der Waals surface area contributed by atoms with E-state index in [2.05, 4.69) is 28.2 Å². The molecule has 0 aliphatic heterocycles. The van der Waals surface area contributed by atoms with Gasteiger partial charge in [0.15, 0.2) is 0 Å². The van der Waals surface area contributed by atoms with Crippen molar-refractivity contribution in [2.75, 3.05) is 13.7 Å². The molecule has 90 valence electrons. The highest BCUT2D eigenvalue weighted by Gasteiger charge is 2.16. The van der Waals surface area contributed by atoms with Gasteiger partial charge >= 0.3 is 0 Å². The van der Waals surface area contributed by atoms with Crippen molar-refractivity contribution in [1.29, 1.82) is 0 Å². The largest absolute Gasteiger partial charge is 0.496 e. The topological polar surface area (TPSA) is 21.3 Å². The highest BCUT2D eigenvalue weighted by Crippen LogP contribution is 2.32. The van der Waals surface area contributed by atoms with E-state index in [1.54, 1.807) is 13.2 Å². The Kier molecular flexibility index (Phi) is 5.22. The number of hydrogen-bond acceptors (Lipinski definition) is 2. The molecule has 2 nitrogen and oxygen atoms in total. The van der Waals surface area contributed by atoms with Crippen LogP contribution in [0, 0.1) is 5.82 Å². The summed E-state index contributed by atoms with van der Waals surface area (Å²) in [6, 6.07) is 3.39. The number of halogens is 2. The first-order chi connectivity index (χ1) is 7.63. The maximum atomic E-state index is 13.4. The monoisotopic (exact) mass is 289 g/mol. The molecule has 0 heterocycles. The maximum absolute atomic E-state index is 13.4. The highest BCUT2D eigenvalue weighted by molar-refractivity contribution is 9.10. The van der Waals surface area contributed by atoms with Crippen molar-refractivity contribution in [2.45, 2.75) is 26.3 Å². The zero-order chi connectivity index (χ0) is 12.1. The van der Waals surface area contributed by atoms with Crippen LogP contribution in [0.4, 0.5) is 4.39 Å². The van der Waals surface area contributed by atoms with Crippen LogP contribution in [0.1, 0.15) is 31.9 Å². The summed E-state index contributed by atoms with van der Waals surface area (Å²) in [6.45, 7) is 5.01. The summed E-state index contributed by atoms with van der Waals surface area (Å²) in [4.78, 5) is 0. The molecule has 0 saturated carbocycles. The van der Waals surface area contributed by atoms with Gasteiger partial charge in [-0.15, -0.1) is 0 Å². The van der Waals surface area contributed by atoms with Crippen molar-refractivity contribution >= 4 is 15.9 Å². The highest BCUT2D eigenvalue weighted by atomic mass is 79.9. The molecule has 0 spiro atoms. The Morgan fingerprint density at radius 3 is 2.62 bits per heavy atom. The summed E-state index contributed by atoms with van der Waals surface area (Å²) in [6.07, 6.45) is 0.933. The molecule has 1 rings (SSSR count). The number of rotatable bonds is 5. The summed E-state index contributed by atoms with van der Waals surface area (Å²) in [5, 5.41) is 3.35. The molecule has 0 aromatic heterocycles.